The molecule has 5 rings (SSSR count). The highest BCUT2D eigenvalue weighted by atomic mass is 19.2. The third-order valence-electron chi connectivity index (χ3n) is 6.75. The van der Waals surface area contributed by atoms with Gasteiger partial charge in [-0.15, -0.1) is 12.8 Å². The summed E-state index contributed by atoms with van der Waals surface area (Å²) >= 11 is 0. The number of methoxy groups -OCH3 is 1. The molecule has 0 saturated carbocycles. The average molecular weight is 626 g/mol. The van der Waals surface area contributed by atoms with Crippen molar-refractivity contribution >= 4 is 12.2 Å². The van der Waals surface area contributed by atoms with E-state index in [1.165, 1.54) is 12.1 Å². The summed E-state index contributed by atoms with van der Waals surface area (Å²) in [5.41, 5.74) is 8.29. The zero-order chi connectivity index (χ0) is 33.9. The Morgan fingerprint density at radius 3 is 2.11 bits per heavy atom. The molecule has 0 radical (unpaired) electrons. The lowest BCUT2D eigenvalue weighted by molar-refractivity contribution is -0.106. The zero-order valence-corrected chi connectivity index (χ0v) is 26.8. The quantitative estimate of drug-likeness (QED) is 0.216. The lowest BCUT2D eigenvalue weighted by Gasteiger charge is -2.24. The second-order valence-electron chi connectivity index (χ2n) is 10.1. The number of aromatic nitrogens is 4. The second kappa shape index (κ2) is 20.4. The lowest BCUT2D eigenvalue weighted by atomic mass is 10.0. The highest BCUT2D eigenvalue weighted by Gasteiger charge is 2.31. The van der Waals surface area contributed by atoms with Gasteiger partial charge in [-0.3, -0.25) is 9.48 Å². The van der Waals surface area contributed by atoms with Crippen LogP contribution in [0.4, 0.5) is 14.6 Å². The Bertz CT molecular complexity index is 1410. The van der Waals surface area contributed by atoms with E-state index in [0.29, 0.717) is 18.6 Å². The summed E-state index contributed by atoms with van der Waals surface area (Å²) in [6.07, 6.45) is 12.8. The molecule has 1 fully saturated rings. The lowest BCUT2D eigenvalue weighted by Crippen LogP contribution is -2.38. The molecule has 1 aliphatic heterocycles. The van der Waals surface area contributed by atoms with Crippen LogP contribution in [0.5, 0.6) is 0 Å². The molecule has 1 unspecified atom stereocenters. The maximum atomic E-state index is 11.9. The smallest absolute Gasteiger partial charge is 0.204 e. The summed E-state index contributed by atoms with van der Waals surface area (Å²) in [5, 5.41) is 21.9. The SMILES string of the molecule is C#C.CNc1c(C)c(-c2cnn(C)c2)nn1-c1ccccc1.COCC(O)[C@H]1C[C@@H](C)CN1C.Fc1ccccc1F.NC=O. The Hall–Kier alpha value is -4.57. The number of hydrogen-bond donors (Lipinski definition) is 3. The van der Waals surface area contributed by atoms with E-state index in [2.05, 4.69) is 54.8 Å². The number of nitrogens with two attached hydrogens (primary N) is 1. The second-order valence-corrected chi connectivity index (χ2v) is 10.1. The molecule has 3 heterocycles. The summed E-state index contributed by atoms with van der Waals surface area (Å²) in [5.74, 6) is 0.0987. The fourth-order valence-electron chi connectivity index (χ4n) is 4.83. The summed E-state index contributed by atoms with van der Waals surface area (Å²) in [6, 6.07) is 15.4. The molecule has 0 bridgehead atoms. The number of primary amides is 1. The molecule has 0 aliphatic carbocycles. The summed E-state index contributed by atoms with van der Waals surface area (Å²) in [4.78, 5) is 10.8. The monoisotopic (exact) mass is 625 g/mol. The number of anilines is 1. The number of carbonyl (C=O) groups excluding carboxylic acids is 1. The standard InChI is InChI=1S/C15H17N5.C9H19NO2.C6H4F2.C2H2.CH3NO/c1-11-14(12-9-17-19(3)10-12)18-20(15(11)16-2)13-7-5-4-6-8-13;1-7-4-8(10(2)5-7)9(11)6-12-3;7-5-3-1-2-4-6(5)8;1-2;2-1-3/h4-10,16H,1-3H3;7-9,11H,4-6H2,1-3H3;1-4H;1-2H;1H,(H2,2,3)/t;7-,8-,9?;;;/m.1.../s1. The molecular formula is C33H45F2N7O3. The van der Waals surface area contributed by atoms with Crippen LogP contribution in [-0.2, 0) is 16.6 Å². The molecule has 10 nitrogen and oxygen atoms in total. The molecule has 1 saturated heterocycles. The van der Waals surface area contributed by atoms with Crippen molar-refractivity contribution in [3.8, 4) is 29.8 Å². The zero-order valence-electron chi connectivity index (χ0n) is 26.8. The molecule has 1 amide bonds. The van der Waals surface area contributed by atoms with E-state index < -0.39 is 11.6 Å². The number of carbonyl (C=O) groups is 1. The number of halogens is 2. The van der Waals surface area contributed by atoms with Gasteiger partial charge in [0.05, 0.1) is 24.6 Å². The molecule has 244 valence electrons. The van der Waals surface area contributed by atoms with E-state index in [0.717, 1.165) is 53.4 Å². The van der Waals surface area contributed by atoms with Crippen molar-refractivity contribution in [2.45, 2.75) is 32.4 Å². The minimum absolute atomic E-state index is 0.250. The molecule has 2 aromatic heterocycles. The van der Waals surface area contributed by atoms with Crippen molar-refractivity contribution in [1.29, 1.82) is 0 Å². The van der Waals surface area contributed by atoms with Crippen LogP contribution in [0, 0.1) is 37.3 Å². The van der Waals surface area contributed by atoms with Crippen LogP contribution >= 0.6 is 0 Å². The molecule has 4 aromatic rings. The first-order chi connectivity index (χ1) is 21.6. The number of rotatable bonds is 6. The number of aliphatic hydroxyl groups excluding tert-OH is 1. The molecular weight excluding hydrogens is 580 g/mol. The van der Waals surface area contributed by atoms with Crippen molar-refractivity contribution in [2.75, 3.05) is 39.7 Å². The number of hydrogen-bond acceptors (Lipinski definition) is 7. The molecule has 2 aromatic carbocycles. The predicted octanol–water partition coefficient (Wildman–Crippen LogP) is 4.27. The first-order valence-corrected chi connectivity index (χ1v) is 14.2. The van der Waals surface area contributed by atoms with Crippen LogP contribution in [0.25, 0.3) is 16.9 Å². The van der Waals surface area contributed by atoms with Gasteiger partial charge in [0.25, 0.3) is 0 Å². The van der Waals surface area contributed by atoms with E-state index in [1.807, 2.05) is 61.5 Å². The van der Waals surface area contributed by atoms with Crippen molar-refractivity contribution in [3.63, 3.8) is 0 Å². The number of nitrogens with zero attached hydrogens (tertiary/aromatic N) is 5. The molecule has 45 heavy (non-hydrogen) atoms. The van der Waals surface area contributed by atoms with Crippen LogP contribution in [0.2, 0.25) is 0 Å². The van der Waals surface area contributed by atoms with E-state index in [-0.39, 0.29) is 12.5 Å². The maximum Gasteiger partial charge on any atom is 0.204 e. The Morgan fingerprint density at radius 1 is 1.13 bits per heavy atom. The Morgan fingerprint density at radius 2 is 1.69 bits per heavy atom. The van der Waals surface area contributed by atoms with Gasteiger partial charge in [-0.1, -0.05) is 37.3 Å². The molecule has 12 heteroatoms. The van der Waals surface area contributed by atoms with Crippen molar-refractivity contribution in [3.05, 3.63) is 84.2 Å². The first-order valence-electron chi connectivity index (χ1n) is 14.2. The minimum Gasteiger partial charge on any atom is -0.389 e. The third kappa shape index (κ3) is 11.8. The van der Waals surface area contributed by atoms with Crippen LogP contribution < -0.4 is 11.1 Å². The van der Waals surface area contributed by atoms with Crippen molar-refractivity contribution in [2.24, 2.45) is 18.7 Å². The van der Waals surface area contributed by atoms with Gasteiger partial charge >= 0.3 is 0 Å². The maximum absolute atomic E-state index is 11.9. The molecule has 0 spiro atoms. The highest BCUT2D eigenvalue weighted by Crippen LogP contribution is 2.29. The number of likely N-dealkylation sites (tertiary alicyclic amines) is 1. The van der Waals surface area contributed by atoms with Gasteiger partial charge in [0.15, 0.2) is 11.6 Å². The Labute approximate surface area is 264 Å². The van der Waals surface area contributed by atoms with Gasteiger partial charge in [-0.25, -0.2) is 13.5 Å². The minimum atomic E-state index is -0.799. The van der Waals surface area contributed by atoms with E-state index >= 15 is 0 Å². The first kappa shape index (κ1) is 38.5. The van der Waals surface area contributed by atoms with Gasteiger partial charge in [-0.2, -0.15) is 10.2 Å². The third-order valence-corrected chi connectivity index (χ3v) is 6.75. The van der Waals surface area contributed by atoms with Crippen LogP contribution in [-0.4, -0.2) is 82.5 Å². The topological polar surface area (TPSA) is 123 Å². The van der Waals surface area contributed by atoms with E-state index in [1.54, 1.807) is 11.8 Å². The number of terminal acetylenes is 1. The summed E-state index contributed by atoms with van der Waals surface area (Å²) in [7, 11) is 7.51. The Balaban J connectivity index is 0.000000344. The molecule has 1 aliphatic rings. The van der Waals surface area contributed by atoms with E-state index in [9.17, 15) is 13.9 Å². The fraction of sp³-hybridized carbons (Fsp3) is 0.364. The fourth-order valence-corrected chi connectivity index (χ4v) is 4.83. The van der Waals surface area contributed by atoms with Gasteiger partial charge in [0, 0.05) is 51.1 Å². The summed E-state index contributed by atoms with van der Waals surface area (Å²) in [6.45, 7) is 5.82. The summed E-state index contributed by atoms with van der Waals surface area (Å²) < 4.78 is 32.5. The average Bonchev–Trinajstić information content (AvgIpc) is 3.72. The number of aliphatic hydroxyl groups is 1. The van der Waals surface area contributed by atoms with Crippen LogP contribution in [0.15, 0.2) is 67.0 Å². The van der Waals surface area contributed by atoms with Crippen molar-refractivity contribution < 1.29 is 23.4 Å². The number of amides is 1. The number of ether oxygens (including phenoxy) is 1. The highest BCUT2D eigenvalue weighted by molar-refractivity contribution is 5.69. The number of aryl methyl sites for hydroxylation is 1. The largest absolute Gasteiger partial charge is 0.389 e. The van der Waals surface area contributed by atoms with Crippen LogP contribution in [0.1, 0.15) is 18.9 Å². The van der Waals surface area contributed by atoms with Crippen molar-refractivity contribution in [1.82, 2.24) is 24.5 Å². The van der Waals surface area contributed by atoms with Gasteiger partial charge in [0.2, 0.25) is 6.41 Å². The number of benzene rings is 2. The number of likely N-dealkylation sites (N-methyl/N-ethyl adjacent to an activating group) is 1. The molecule has 3 atom stereocenters. The van der Waals surface area contributed by atoms with Gasteiger partial charge < -0.3 is 25.8 Å². The van der Waals surface area contributed by atoms with Gasteiger partial charge in [-0.05, 0) is 50.6 Å². The number of nitrogens with one attached hydrogen (secondary N) is 1. The molecule has 4 N–H and O–H groups in total. The predicted molar refractivity (Wildman–Crippen MR) is 175 cm³/mol. The number of para-hydroxylation sites is 1. The normalized spacial score (nSPS) is 15.8. The van der Waals surface area contributed by atoms with Crippen LogP contribution in [0.3, 0.4) is 0 Å². The van der Waals surface area contributed by atoms with E-state index in [4.69, 9.17) is 14.6 Å². The Kier molecular flexibility index (Phi) is 17.4. The van der Waals surface area contributed by atoms with Gasteiger partial charge in [0.1, 0.15) is 11.5 Å².